The van der Waals surface area contributed by atoms with Crippen molar-refractivity contribution in [3.8, 4) is 0 Å². The van der Waals surface area contributed by atoms with Crippen molar-refractivity contribution in [3.05, 3.63) is 28.2 Å². The van der Waals surface area contributed by atoms with Gasteiger partial charge in [-0.2, -0.15) is 13.2 Å². The van der Waals surface area contributed by atoms with Crippen molar-refractivity contribution in [1.29, 1.82) is 0 Å². The van der Waals surface area contributed by atoms with E-state index in [1.165, 1.54) is 6.07 Å². The van der Waals surface area contributed by atoms with Gasteiger partial charge in [0.05, 0.1) is 11.6 Å². The summed E-state index contributed by atoms with van der Waals surface area (Å²) in [6, 6.07) is 4.18. The Morgan fingerprint density at radius 1 is 1.35 bits per heavy atom. The zero-order chi connectivity index (χ0) is 14.9. The van der Waals surface area contributed by atoms with Crippen LogP contribution in [0.25, 0.3) is 0 Å². The summed E-state index contributed by atoms with van der Waals surface area (Å²) in [6.07, 6.45) is -4.37. The van der Waals surface area contributed by atoms with E-state index in [0.717, 1.165) is 12.6 Å². The van der Waals surface area contributed by atoms with Crippen LogP contribution < -0.4 is 10.6 Å². The van der Waals surface area contributed by atoms with Gasteiger partial charge in [-0.05, 0) is 25.2 Å². The first-order valence-electron chi connectivity index (χ1n) is 6.35. The van der Waals surface area contributed by atoms with Crippen molar-refractivity contribution in [1.82, 2.24) is 4.90 Å². The van der Waals surface area contributed by atoms with Crippen LogP contribution in [0.5, 0.6) is 0 Å². The molecule has 2 rings (SSSR count). The third-order valence-electron chi connectivity index (χ3n) is 3.53. The molecule has 1 aromatic carbocycles. The number of hydrogen-bond donors (Lipinski definition) is 1. The molecule has 1 heterocycles. The molecule has 0 amide bonds. The molecule has 0 spiro atoms. The maximum atomic E-state index is 13.2. The number of halogens is 4. The number of piperazine rings is 1. The van der Waals surface area contributed by atoms with Gasteiger partial charge in [-0.1, -0.05) is 15.9 Å². The van der Waals surface area contributed by atoms with Gasteiger partial charge in [-0.3, -0.25) is 0 Å². The zero-order valence-electron chi connectivity index (χ0n) is 11.1. The highest BCUT2D eigenvalue weighted by atomic mass is 79.9. The second-order valence-electron chi connectivity index (χ2n) is 5.00. The van der Waals surface area contributed by atoms with Crippen LogP contribution in [0.1, 0.15) is 5.56 Å². The molecule has 7 heteroatoms. The van der Waals surface area contributed by atoms with Crippen molar-refractivity contribution >= 4 is 21.6 Å². The molecule has 2 N–H and O–H groups in total. The van der Waals surface area contributed by atoms with Gasteiger partial charge < -0.3 is 15.5 Å². The van der Waals surface area contributed by atoms with Gasteiger partial charge in [0.2, 0.25) is 0 Å². The van der Waals surface area contributed by atoms with Crippen LogP contribution in [0.3, 0.4) is 0 Å². The fourth-order valence-electron chi connectivity index (χ4n) is 2.52. The third-order valence-corrected chi connectivity index (χ3v) is 4.02. The Bertz CT molecular complexity index is 478. The largest absolute Gasteiger partial charge is 0.418 e. The summed E-state index contributed by atoms with van der Waals surface area (Å²) in [7, 11) is 1.95. The summed E-state index contributed by atoms with van der Waals surface area (Å²) >= 11 is 3.10. The molecule has 1 fully saturated rings. The van der Waals surface area contributed by atoms with Crippen molar-refractivity contribution in [2.24, 2.45) is 5.73 Å². The van der Waals surface area contributed by atoms with Crippen LogP contribution in [0.15, 0.2) is 22.7 Å². The first-order valence-corrected chi connectivity index (χ1v) is 7.14. The molecule has 1 aliphatic heterocycles. The SMILES string of the molecule is CN1CCN(c2ccc(Br)cc2C(F)(F)F)C(CN)C1. The van der Waals surface area contributed by atoms with E-state index in [2.05, 4.69) is 20.8 Å². The van der Waals surface area contributed by atoms with Crippen molar-refractivity contribution in [3.63, 3.8) is 0 Å². The van der Waals surface area contributed by atoms with Crippen molar-refractivity contribution in [2.45, 2.75) is 12.2 Å². The molecule has 0 saturated carbocycles. The Balaban J connectivity index is 2.41. The van der Waals surface area contributed by atoms with Gasteiger partial charge >= 0.3 is 6.18 Å². The molecule has 1 atom stereocenters. The minimum Gasteiger partial charge on any atom is -0.364 e. The lowest BCUT2D eigenvalue weighted by Crippen LogP contribution is -2.55. The predicted molar refractivity (Wildman–Crippen MR) is 76.8 cm³/mol. The highest BCUT2D eigenvalue weighted by Crippen LogP contribution is 2.39. The number of anilines is 1. The topological polar surface area (TPSA) is 32.5 Å². The smallest absolute Gasteiger partial charge is 0.364 e. The molecule has 1 aromatic rings. The van der Waals surface area contributed by atoms with E-state index >= 15 is 0 Å². The summed E-state index contributed by atoms with van der Waals surface area (Å²) in [6.45, 7) is 2.27. The van der Waals surface area contributed by atoms with E-state index in [-0.39, 0.29) is 11.7 Å². The van der Waals surface area contributed by atoms with Crippen LogP contribution in [0, 0.1) is 0 Å². The number of rotatable bonds is 2. The second kappa shape index (κ2) is 5.91. The number of nitrogens with zero attached hydrogens (tertiary/aromatic N) is 2. The first-order chi connectivity index (χ1) is 9.32. The van der Waals surface area contributed by atoms with Gasteiger partial charge in [-0.15, -0.1) is 0 Å². The minimum absolute atomic E-state index is 0.101. The maximum Gasteiger partial charge on any atom is 0.418 e. The van der Waals surface area contributed by atoms with E-state index in [1.807, 2.05) is 7.05 Å². The van der Waals surface area contributed by atoms with Crippen LogP contribution >= 0.6 is 15.9 Å². The van der Waals surface area contributed by atoms with Gasteiger partial charge in [0.1, 0.15) is 0 Å². The molecule has 3 nitrogen and oxygen atoms in total. The van der Waals surface area contributed by atoms with Gasteiger partial charge in [0.15, 0.2) is 0 Å². The van der Waals surface area contributed by atoms with E-state index < -0.39 is 11.7 Å². The van der Waals surface area contributed by atoms with E-state index in [4.69, 9.17) is 5.73 Å². The van der Waals surface area contributed by atoms with Gasteiger partial charge in [0.25, 0.3) is 0 Å². The lowest BCUT2D eigenvalue weighted by Gasteiger charge is -2.42. The van der Waals surface area contributed by atoms with E-state index in [1.54, 1.807) is 11.0 Å². The number of hydrogen-bond acceptors (Lipinski definition) is 3. The monoisotopic (exact) mass is 351 g/mol. The molecule has 1 aliphatic rings. The molecule has 0 bridgehead atoms. The zero-order valence-corrected chi connectivity index (χ0v) is 12.7. The highest BCUT2D eigenvalue weighted by molar-refractivity contribution is 9.10. The summed E-state index contributed by atoms with van der Waals surface area (Å²) in [5.74, 6) is 0. The molecular weight excluding hydrogens is 335 g/mol. The van der Waals surface area contributed by atoms with Gasteiger partial charge in [0, 0.05) is 36.3 Å². The molecule has 20 heavy (non-hydrogen) atoms. The molecular formula is C13H17BrF3N3. The van der Waals surface area contributed by atoms with Crippen LogP contribution in [0.4, 0.5) is 18.9 Å². The molecule has 1 saturated heterocycles. The standard InChI is InChI=1S/C13H17BrF3N3/c1-19-4-5-20(10(7-18)8-19)12-3-2-9(14)6-11(12)13(15,16)17/h2-3,6,10H,4-5,7-8,18H2,1H3. The Morgan fingerprint density at radius 2 is 2.05 bits per heavy atom. The maximum absolute atomic E-state index is 13.2. The average molecular weight is 352 g/mol. The molecule has 112 valence electrons. The fourth-order valence-corrected chi connectivity index (χ4v) is 2.88. The average Bonchev–Trinajstić information content (AvgIpc) is 2.38. The summed E-state index contributed by atoms with van der Waals surface area (Å²) in [5.41, 5.74) is 5.32. The highest BCUT2D eigenvalue weighted by Gasteiger charge is 2.37. The first kappa shape index (κ1) is 15.6. The van der Waals surface area contributed by atoms with Crippen LogP contribution in [0.2, 0.25) is 0 Å². The van der Waals surface area contributed by atoms with E-state index in [9.17, 15) is 13.2 Å². The molecule has 0 aliphatic carbocycles. The quantitative estimate of drug-likeness (QED) is 0.888. The normalized spacial score (nSPS) is 21.3. The van der Waals surface area contributed by atoms with Crippen LogP contribution in [-0.2, 0) is 6.18 Å². The Hall–Kier alpha value is -0.790. The Labute approximate surface area is 124 Å². The number of nitrogens with two attached hydrogens (primary N) is 1. The minimum atomic E-state index is -4.37. The Morgan fingerprint density at radius 3 is 2.65 bits per heavy atom. The molecule has 0 aromatic heterocycles. The molecule has 0 radical (unpaired) electrons. The summed E-state index contributed by atoms with van der Waals surface area (Å²) < 4.78 is 40.0. The number of likely N-dealkylation sites (N-methyl/N-ethyl adjacent to an activating group) is 1. The van der Waals surface area contributed by atoms with Crippen LogP contribution in [-0.4, -0.2) is 44.2 Å². The predicted octanol–water partition coefficient (Wildman–Crippen LogP) is 2.55. The fraction of sp³-hybridized carbons (Fsp3) is 0.538. The van der Waals surface area contributed by atoms with E-state index in [0.29, 0.717) is 24.1 Å². The second-order valence-corrected chi connectivity index (χ2v) is 5.92. The molecule has 1 unspecified atom stereocenters. The Kier molecular flexibility index (Phi) is 4.61. The lowest BCUT2D eigenvalue weighted by atomic mass is 10.1. The summed E-state index contributed by atoms with van der Waals surface area (Å²) in [5, 5.41) is 0. The number of benzene rings is 1. The van der Waals surface area contributed by atoms with Gasteiger partial charge in [-0.25, -0.2) is 0 Å². The van der Waals surface area contributed by atoms with Crippen molar-refractivity contribution < 1.29 is 13.2 Å². The summed E-state index contributed by atoms with van der Waals surface area (Å²) in [4.78, 5) is 3.86. The lowest BCUT2D eigenvalue weighted by molar-refractivity contribution is -0.137. The number of alkyl halides is 3. The van der Waals surface area contributed by atoms with Crippen molar-refractivity contribution in [2.75, 3.05) is 38.1 Å². The third kappa shape index (κ3) is 3.27.